The third-order valence-electron chi connectivity index (χ3n) is 23.8. The fourth-order valence-electron chi connectivity index (χ4n) is 16.7. The van der Waals surface area contributed by atoms with E-state index < -0.39 is 216 Å². The number of thiophene rings is 1. The first kappa shape index (κ1) is 99.6. The van der Waals surface area contributed by atoms with Gasteiger partial charge in [0.05, 0.1) is 31.7 Å². The van der Waals surface area contributed by atoms with Crippen LogP contribution in [0.5, 0.6) is 5.75 Å². The zero-order valence-electron chi connectivity index (χ0n) is 73.6. The van der Waals surface area contributed by atoms with E-state index in [0.29, 0.717) is 46.1 Å². The maximum Gasteiger partial charge on any atom is 0.246 e. The van der Waals surface area contributed by atoms with Gasteiger partial charge in [0.25, 0.3) is 0 Å². The summed E-state index contributed by atoms with van der Waals surface area (Å²) in [5.41, 5.74) is 19.7. The Balaban J connectivity index is 0.993. The number of imidazole rings is 1. The summed E-state index contributed by atoms with van der Waals surface area (Å²) in [6.07, 6.45) is 4.66. The molecule has 40 nitrogen and oxygen atoms in total. The number of aromatic hydroxyl groups is 1. The second kappa shape index (κ2) is 47.1. The summed E-state index contributed by atoms with van der Waals surface area (Å²) in [6.45, 7) is 4.98. The Bertz CT molecular complexity index is 5070. The molecular formula is C88H119N21O19S2. The fourth-order valence-corrected chi connectivity index (χ4v) is 18.5. The molecule has 0 saturated carbocycles. The summed E-state index contributed by atoms with van der Waals surface area (Å²) in [5, 5.41) is 51.4. The van der Waals surface area contributed by atoms with E-state index >= 15 is 33.6 Å². The number of nitrogens with one attached hydrogen (secondary N) is 12. The minimum absolute atomic E-state index is 0.00319. The lowest BCUT2D eigenvalue weighted by Crippen LogP contribution is -2.61. The highest BCUT2D eigenvalue weighted by molar-refractivity contribution is 8.00. The Labute approximate surface area is 759 Å². The third kappa shape index (κ3) is 26.4. The molecule has 20 N–H and O–H groups in total. The number of aromatic amines is 2. The Kier molecular flexibility index (Phi) is 36.1. The number of likely N-dealkylation sites (N-methyl/N-ethyl adjacent to an activating group) is 2. The van der Waals surface area contributed by atoms with Gasteiger partial charge in [0.2, 0.25) is 100 Å². The van der Waals surface area contributed by atoms with Crippen LogP contribution >= 0.6 is 23.1 Å². The molecule has 1 unspecified atom stereocenters. The molecule has 3 aromatic heterocycles. The van der Waals surface area contributed by atoms with Gasteiger partial charge in [0.15, 0.2) is 0 Å². The number of unbranched alkanes of at least 4 members (excludes halogenated alkanes) is 1. The average Bonchev–Trinajstić information content (AvgIpc) is 1.55. The third-order valence-corrected chi connectivity index (χ3v) is 25.8. The van der Waals surface area contributed by atoms with Gasteiger partial charge >= 0.3 is 0 Å². The van der Waals surface area contributed by atoms with Crippen molar-refractivity contribution in [2.75, 3.05) is 64.9 Å². The summed E-state index contributed by atoms with van der Waals surface area (Å²) in [6, 6.07) is -0.482. The number of phenolic OH excluding ortho intramolecular Hbond substituents is 1. The minimum atomic E-state index is -1.82. The Morgan fingerprint density at radius 2 is 1.09 bits per heavy atom. The summed E-state index contributed by atoms with van der Waals surface area (Å²) in [4.78, 5) is 265. The lowest BCUT2D eigenvalue weighted by Gasteiger charge is -2.35. The molecule has 0 spiro atoms. The number of aliphatic hydroxyl groups is 1. The monoisotopic (exact) mass is 1840 g/mol. The van der Waals surface area contributed by atoms with Crippen LogP contribution in [-0.2, 0) is 107 Å². The maximum atomic E-state index is 15.7. The molecule has 6 aromatic rings. The van der Waals surface area contributed by atoms with Gasteiger partial charge in [-0.15, -0.1) is 23.1 Å². The van der Waals surface area contributed by atoms with Crippen LogP contribution in [0.2, 0.25) is 0 Å². The lowest BCUT2D eigenvalue weighted by atomic mass is 10.0. The molecule has 130 heavy (non-hydrogen) atoms. The van der Waals surface area contributed by atoms with Crippen molar-refractivity contribution in [3.8, 4) is 5.75 Å². The van der Waals surface area contributed by atoms with Crippen LogP contribution in [0.4, 0.5) is 0 Å². The van der Waals surface area contributed by atoms with Gasteiger partial charge in [0.1, 0.15) is 90.3 Å². The lowest BCUT2D eigenvalue weighted by molar-refractivity contribution is -0.149. The summed E-state index contributed by atoms with van der Waals surface area (Å²) in [5.74, 6) is -16.3. The van der Waals surface area contributed by atoms with E-state index in [9.17, 15) is 58.2 Å². The van der Waals surface area contributed by atoms with Crippen molar-refractivity contribution >= 4 is 145 Å². The largest absolute Gasteiger partial charge is 0.508 e. The van der Waals surface area contributed by atoms with E-state index in [0.717, 1.165) is 31.6 Å². The highest BCUT2D eigenvalue weighted by Crippen LogP contribution is 2.31. The number of primary amides is 2. The smallest absolute Gasteiger partial charge is 0.246 e. The van der Waals surface area contributed by atoms with Gasteiger partial charge < -0.3 is 115 Å². The van der Waals surface area contributed by atoms with E-state index in [4.69, 9.17) is 17.2 Å². The minimum Gasteiger partial charge on any atom is -0.508 e. The molecule has 17 amide bonds. The maximum absolute atomic E-state index is 15.7. The van der Waals surface area contributed by atoms with Crippen LogP contribution in [0, 0.1) is 5.92 Å². The predicted octanol–water partition coefficient (Wildman–Crippen LogP) is -1.72. The van der Waals surface area contributed by atoms with Gasteiger partial charge in [-0.3, -0.25) is 81.5 Å². The van der Waals surface area contributed by atoms with Gasteiger partial charge in [0, 0.05) is 98.9 Å². The first-order chi connectivity index (χ1) is 62.2. The van der Waals surface area contributed by atoms with Crippen molar-refractivity contribution < 1.29 is 91.7 Å². The molecule has 0 aliphatic carbocycles. The zero-order valence-corrected chi connectivity index (χ0v) is 75.3. The molecule has 0 radical (unpaired) electrons. The van der Waals surface area contributed by atoms with Crippen molar-refractivity contribution in [1.29, 1.82) is 0 Å². The van der Waals surface area contributed by atoms with Gasteiger partial charge in [-0.05, 0) is 135 Å². The Morgan fingerprint density at radius 1 is 0.554 bits per heavy atom. The summed E-state index contributed by atoms with van der Waals surface area (Å²) < 4.78 is 0.840. The molecule has 4 fully saturated rings. The normalized spacial score (nSPS) is 25.2. The molecule has 10 rings (SSSR count). The number of fused-ring (bicyclic) bond motifs is 5. The number of aromatic nitrogens is 3. The fraction of sp³-hybridized carbons (Fsp3) is 0.523. The van der Waals surface area contributed by atoms with Crippen LogP contribution in [0.3, 0.4) is 0 Å². The van der Waals surface area contributed by atoms with Crippen LogP contribution in [-0.4, -0.2) is 300 Å². The molecule has 42 heteroatoms. The number of para-hydroxylation sites is 1. The molecule has 702 valence electrons. The second-order valence-corrected chi connectivity index (χ2v) is 35.6. The SMILES string of the molecule is CCCC[C@H]1C(=O)N2CCC[C@@H]2C(=O)N[C@@H](CCCN)C(=O)N[C@H](C(=O)NCC(N)=O)CSCC(=O)N[C@@H](Cc2ccc(O)cc2)C(=O)N(C)[C@@H](C)C(=O)N[C@@H](CC(N)=O)C(=O)N2CCC[C@H]2C(=O)N[C@@H](Cc2cnc[nH]2)C(=O)N[C@@H](CC(C)C)C(=O)N2CCCC2C(=O)N[C@@H](Cc2c[nH]c3ccccc23)C(=O)N[C@@H](CO)C(=O)N[C@@H](Cc2csc3ccccc23)C(=O)N1C. The van der Waals surface area contributed by atoms with Crippen LogP contribution in [0.15, 0.2) is 96.9 Å². The second-order valence-electron chi connectivity index (χ2n) is 33.7. The number of amides is 17. The number of hydrogen-bond acceptors (Lipinski definition) is 23. The van der Waals surface area contributed by atoms with E-state index in [1.807, 2.05) is 30.5 Å². The first-order valence-electron chi connectivity index (χ1n) is 43.8. The van der Waals surface area contributed by atoms with Crippen molar-refractivity contribution in [3.05, 3.63) is 119 Å². The van der Waals surface area contributed by atoms with E-state index in [-0.39, 0.29) is 128 Å². The molecular weight excluding hydrogens is 1720 g/mol. The number of carbonyl (C=O) groups is 17. The average molecular weight is 1840 g/mol. The summed E-state index contributed by atoms with van der Waals surface area (Å²) in [7, 11) is 2.62. The van der Waals surface area contributed by atoms with Crippen molar-refractivity contribution in [2.24, 2.45) is 23.1 Å². The highest BCUT2D eigenvalue weighted by atomic mass is 32.2. The number of phenols is 1. The molecule has 3 aromatic carbocycles. The number of hydrogen-bond donors (Lipinski definition) is 17. The Morgan fingerprint density at radius 3 is 1.69 bits per heavy atom. The van der Waals surface area contributed by atoms with Crippen LogP contribution in [0.25, 0.3) is 21.0 Å². The number of nitrogens with two attached hydrogens (primary N) is 3. The van der Waals surface area contributed by atoms with Crippen molar-refractivity contribution in [2.45, 2.75) is 221 Å². The number of nitrogens with zero attached hydrogens (tertiary/aromatic N) is 6. The molecule has 7 heterocycles. The number of thioether (sulfide) groups is 1. The molecule has 4 aliphatic rings. The molecule has 0 bridgehead atoms. The van der Waals surface area contributed by atoms with E-state index in [1.165, 1.54) is 83.8 Å². The molecule has 4 aliphatic heterocycles. The number of carbonyl (C=O) groups excluding carboxylic acids is 17. The number of rotatable bonds is 22. The van der Waals surface area contributed by atoms with Gasteiger partial charge in [-0.1, -0.05) is 82.1 Å². The molecule has 14 atom stereocenters. The van der Waals surface area contributed by atoms with Crippen molar-refractivity contribution in [3.63, 3.8) is 0 Å². The van der Waals surface area contributed by atoms with E-state index in [2.05, 4.69) is 68.1 Å². The number of aliphatic hydroxyl groups excluding tert-OH is 1. The number of H-pyrrole nitrogens is 2. The quantitative estimate of drug-likeness (QED) is 0.0360. The zero-order chi connectivity index (χ0) is 94.2. The standard InChI is InChI=1S/C88H119N21O19S2/c1-7-8-21-70-88(128)109-33-16-24-69(109)81(121)97-58(20-13-30-89)77(117)104-66(76(116)94-42-73(91)113)45-129-46-74(114)96-62(35-50-26-28-54(111)29-27-50)84(124)105(5)49(4)75(115)100-64(39-72(90)112)87(127)108-32-15-23-68(108)83(123)99-60(38-53-41-92-47-95-53)79(119)101-61(34-48(2)3)86(126)107-31-14-22-67(107)82(122)98-59(36-51-40-93-57-19-11-9-17-55(51)57)78(118)103-65(43-110)80(120)102-63(85(125)106(70)6)37-52-44-130-71-25-12-10-18-56(52)71/h9-12,17-19,25-29,40-41,44,47-49,58-70,93,110-111H,7-8,13-16,20-24,30-39,42-43,45-46,89H2,1-6H3,(H2,90,112)(H2,91,113)(H,92,95)(H,94,116)(H,96,114)(H,97,121)(H,98,122)(H,99,123)(H,100,115)(H,101,119)(H,102,120)(H,103,118)(H,104,117)/t49-,58-,59-,60-,61-,62-,63-,64-,65-,66-,67?,68-,69+,70-/m0/s1. The van der Waals surface area contributed by atoms with Crippen molar-refractivity contribution in [1.82, 2.24) is 92.6 Å². The van der Waals surface area contributed by atoms with E-state index in [1.54, 1.807) is 50.4 Å². The van der Waals surface area contributed by atoms with Gasteiger partial charge in [-0.2, -0.15) is 0 Å². The molecule has 4 saturated heterocycles. The van der Waals surface area contributed by atoms with Gasteiger partial charge in [-0.25, -0.2) is 4.98 Å². The van der Waals surface area contributed by atoms with Crippen LogP contribution < -0.4 is 70.4 Å². The Hall–Kier alpha value is -12.6. The summed E-state index contributed by atoms with van der Waals surface area (Å²) >= 11 is 2.17. The topological polar surface area (TPSA) is 590 Å². The predicted molar refractivity (Wildman–Crippen MR) is 480 cm³/mol. The highest BCUT2D eigenvalue weighted by Gasteiger charge is 2.46. The van der Waals surface area contributed by atoms with Crippen LogP contribution in [0.1, 0.15) is 134 Å². The first-order valence-corrected chi connectivity index (χ1v) is 45.9. The number of benzene rings is 3.